The number of carbonyl (C=O) groups excluding carboxylic acids is 1. The maximum Gasteiger partial charge on any atom is 0.255 e. The van der Waals surface area contributed by atoms with Crippen molar-refractivity contribution in [3.05, 3.63) is 29.8 Å². The van der Waals surface area contributed by atoms with Crippen LogP contribution in [0, 0.1) is 0 Å². The zero-order valence-corrected chi connectivity index (χ0v) is 14.4. The lowest BCUT2D eigenvalue weighted by Crippen LogP contribution is -2.41. The Labute approximate surface area is 143 Å². The molecule has 2 rings (SSSR count). The van der Waals surface area contributed by atoms with Gasteiger partial charge in [0.05, 0.1) is 31.6 Å². The lowest BCUT2D eigenvalue weighted by molar-refractivity contribution is 0.0383. The molecular weight excluding hydrogens is 306 g/mol. The molecule has 6 nitrogen and oxygen atoms in total. The van der Waals surface area contributed by atoms with Crippen LogP contribution in [0.25, 0.3) is 5.57 Å². The number of benzene rings is 1. The topological polar surface area (TPSA) is 63.2 Å². The van der Waals surface area contributed by atoms with Crippen LogP contribution in [0.4, 0.5) is 5.69 Å². The first kappa shape index (κ1) is 18.2. The van der Waals surface area contributed by atoms with Gasteiger partial charge < -0.3 is 14.8 Å². The Morgan fingerprint density at radius 3 is 2.67 bits per heavy atom. The third-order valence-corrected chi connectivity index (χ3v) is 4.01. The monoisotopic (exact) mass is 331 g/mol. The second-order valence-corrected chi connectivity index (χ2v) is 5.72. The number of ether oxygens (including phenoxy) is 2. The normalized spacial score (nSPS) is 14.9. The van der Waals surface area contributed by atoms with Crippen LogP contribution in [0.3, 0.4) is 0 Å². The van der Waals surface area contributed by atoms with Crippen LogP contribution in [-0.4, -0.2) is 64.0 Å². The molecule has 6 heteroatoms. The van der Waals surface area contributed by atoms with Crippen molar-refractivity contribution in [2.75, 3.05) is 46.5 Å². The fourth-order valence-electron chi connectivity index (χ4n) is 2.64. The number of morpholine rings is 1. The number of hydrogen-bond donors (Lipinski definition) is 1. The van der Waals surface area contributed by atoms with Crippen molar-refractivity contribution in [3.8, 4) is 5.75 Å². The SMILES string of the molecule is C=Nc1cc(OC)c(C(=O)NCCN2CCOCC2)cc1C(=C)C. The number of aliphatic imine (C=N–C) groups is 1. The molecule has 1 aromatic carbocycles. The van der Waals surface area contributed by atoms with E-state index in [4.69, 9.17) is 9.47 Å². The summed E-state index contributed by atoms with van der Waals surface area (Å²) in [5, 5.41) is 2.95. The van der Waals surface area contributed by atoms with Crippen molar-refractivity contribution >= 4 is 23.9 Å². The first-order chi connectivity index (χ1) is 11.6. The Kier molecular flexibility index (Phi) is 6.52. The highest BCUT2D eigenvalue weighted by Crippen LogP contribution is 2.32. The number of amides is 1. The highest BCUT2D eigenvalue weighted by atomic mass is 16.5. The number of hydrogen-bond acceptors (Lipinski definition) is 5. The van der Waals surface area contributed by atoms with Gasteiger partial charge in [-0.15, -0.1) is 0 Å². The van der Waals surface area contributed by atoms with Crippen molar-refractivity contribution in [3.63, 3.8) is 0 Å². The van der Waals surface area contributed by atoms with Gasteiger partial charge >= 0.3 is 0 Å². The summed E-state index contributed by atoms with van der Waals surface area (Å²) >= 11 is 0. The van der Waals surface area contributed by atoms with Gasteiger partial charge in [-0.2, -0.15) is 0 Å². The van der Waals surface area contributed by atoms with Crippen LogP contribution in [0.5, 0.6) is 5.75 Å². The van der Waals surface area contributed by atoms with E-state index in [0.717, 1.165) is 44.0 Å². The minimum Gasteiger partial charge on any atom is -0.496 e. The van der Waals surface area contributed by atoms with Crippen molar-refractivity contribution in [1.29, 1.82) is 0 Å². The zero-order chi connectivity index (χ0) is 17.5. The van der Waals surface area contributed by atoms with Gasteiger partial charge in [-0.05, 0) is 25.3 Å². The number of allylic oxidation sites excluding steroid dienone is 1. The molecule has 0 atom stereocenters. The number of nitrogens with one attached hydrogen (secondary N) is 1. The van der Waals surface area contributed by atoms with E-state index in [1.807, 2.05) is 6.92 Å². The smallest absolute Gasteiger partial charge is 0.255 e. The molecule has 0 unspecified atom stereocenters. The Morgan fingerprint density at radius 1 is 1.38 bits per heavy atom. The highest BCUT2D eigenvalue weighted by molar-refractivity contribution is 5.99. The molecule has 0 aromatic heterocycles. The van der Waals surface area contributed by atoms with E-state index >= 15 is 0 Å². The average molecular weight is 331 g/mol. The molecule has 1 amide bonds. The minimum absolute atomic E-state index is 0.168. The number of carbonyl (C=O) groups is 1. The van der Waals surface area contributed by atoms with Crippen LogP contribution in [0.2, 0.25) is 0 Å². The van der Waals surface area contributed by atoms with E-state index in [1.54, 1.807) is 12.1 Å². The predicted octanol–water partition coefficient (Wildman–Crippen LogP) is 2.12. The van der Waals surface area contributed by atoms with Crippen LogP contribution in [-0.2, 0) is 4.74 Å². The predicted molar refractivity (Wildman–Crippen MR) is 96.5 cm³/mol. The van der Waals surface area contributed by atoms with Crippen LogP contribution < -0.4 is 10.1 Å². The van der Waals surface area contributed by atoms with Gasteiger partial charge in [0, 0.05) is 37.8 Å². The fourth-order valence-corrected chi connectivity index (χ4v) is 2.64. The maximum atomic E-state index is 12.5. The zero-order valence-electron chi connectivity index (χ0n) is 14.4. The molecule has 0 bridgehead atoms. The van der Waals surface area contributed by atoms with E-state index in [9.17, 15) is 4.79 Å². The maximum absolute atomic E-state index is 12.5. The van der Waals surface area contributed by atoms with Gasteiger partial charge in [-0.25, -0.2) is 0 Å². The molecule has 1 fully saturated rings. The summed E-state index contributed by atoms with van der Waals surface area (Å²) in [5.41, 5.74) is 2.75. The first-order valence-electron chi connectivity index (χ1n) is 7.99. The second-order valence-electron chi connectivity index (χ2n) is 5.72. The minimum atomic E-state index is -0.168. The van der Waals surface area contributed by atoms with Crippen LogP contribution in [0.15, 0.2) is 23.7 Å². The Hall–Kier alpha value is -2.18. The lowest BCUT2D eigenvalue weighted by atomic mass is 10.0. The Morgan fingerprint density at radius 2 is 2.08 bits per heavy atom. The molecule has 0 saturated carbocycles. The van der Waals surface area contributed by atoms with Gasteiger partial charge in [-0.1, -0.05) is 6.58 Å². The first-order valence-corrected chi connectivity index (χ1v) is 7.99. The molecular formula is C18H25N3O3. The Bertz CT molecular complexity index is 622. The lowest BCUT2D eigenvalue weighted by Gasteiger charge is -2.26. The largest absolute Gasteiger partial charge is 0.496 e. The van der Waals surface area contributed by atoms with Crippen molar-refractivity contribution in [2.45, 2.75) is 6.92 Å². The van der Waals surface area contributed by atoms with E-state index in [1.165, 1.54) is 7.11 Å². The molecule has 130 valence electrons. The number of methoxy groups -OCH3 is 1. The van der Waals surface area contributed by atoms with Gasteiger partial charge in [-0.3, -0.25) is 14.7 Å². The molecule has 1 N–H and O–H groups in total. The number of rotatable bonds is 7. The van der Waals surface area contributed by atoms with E-state index in [2.05, 4.69) is 28.5 Å². The molecule has 1 aliphatic heterocycles. The molecule has 1 saturated heterocycles. The number of nitrogens with zero attached hydrogens (tertiary/aromatic N) is 2. The third kappa shape index (κ3) is 4.43. The summed E-state index contributed by atoms with van der Waals surface area (Å²) < 4.78 is 10.7. The van der Waals surface area contributed by atoms with Gasteiger partial charge in [0.15, 0.2) is 0 Å². The Balaban J connectivity index is 2.08. The van der Waals surface area contributed by atoms with E-state index in [0.29, 0.717) is 23.5 Å². The highest BCUT2D eigenvalue weighted by Gasteiger charge is 2.17. The third-order valence-electron chi connectivity index (χ3n) is 4.01. The summed E-state index contributed by atoms with van der Waals surface area (Å²) in [6.07, 6.45) is 0. The molecule has 0 radical (unpaired) electrons. The van der Waals surface area contributed by atoms with Crippen molar-refractivity contribution in [1.82, 2.24) is 10.2 Å². The molecule has 1 heterocycles. The fraction of sp³-hybridized carbons (Fsp3) is 0.444. The van der Waals surface area contributed by atoms with Crippen molar-refractivity contribution in [2.24, 2.45) is 4.99 Å². The van der Waals surface area contributed by atoms with Crippen molar-refractivity contribution < 1.29 is 14.3 Å². The summed E-state index contributed by atoms with van der Waals surface area (Å²) in [5.74, 6) is 0.310. The standard InChI is InChI=1S/C18H25N3O3/c1-13(2)14-11-15(17(23-4)12-16(14)19-3)18(22)20-5-6-21-7-9-24-10-8-21/h11-12H,1,3,5-10H2,2,4H3,(H,20,22). The van der Waals surface area contributed by atoms with Gasteiger partial charge in [0.2, 0.25) is 0 Å². The second kappa shape index (κ2) is 8.61. The van der Waals surface area contributed by atoms with Crippen LogP contribution in [0.1, 0.15) is 22.8 Å². The average Bonchev–Trinajstić information content (AvgIpc) is 2.61. The summed E-state index contributed by atoms with van der Waals surface area (Å²) in [6, 6.07) is 3.48. The quantitative estimate of drug-likeness (QED) is 0.778. The van der Waals surface area contributed by atoms with E-state index < -0.39 is 0 Å². The van der Waals surface area contributed by atoms with E-state index in [-0.39, 0.29) is 5.91 Å². The molecule has 24 heavy (non-hydrogen) atoms. The van der Waals surface area contributed by atoms with Crippen LogP contribution >= 0.6 is 0 Å². The molecule has 0 aliphatic carbocycles. The molecule has 0 spiro atoms. The summed E-state index contributed by atoms with van der Waals surface area (Å²) in [6.45, 7) is 14.0. The van der Waals surface area contributed by atoms with Gasteiger partial charge in [0.25, 0.3) is 5.91 Å². The van der Waals surface area contributed by atoms with Gasteiger partial charge in [0.1, 0.15) is 5.75 Å². The summed E-state index contributed by atoms with van der Waals surface area (Å²) in [7, 11) is 1.53. The molecule has 1 aromatic rings. The molecule has 1 aliphatic rings. The summed E-state index contributed by atoms with van der Waals surface area (Å²) in [4.78, 5) is 18.8.